The Kier molecular flexibility index (Phi) is 5.10. The van der Waals surface area contributed by atoms with Crippen molar-refractivity contribution in [3.63, 3.8) is 0 Å². The molecular formula is C13H22BrN3O. The second-order valence-corrected chi connectivity index (χ2v) is 6.35. The first-order valence-electron chi connectivity index (χ1n) is 6.07. The van der Waals surface area contributed by atoms with Crippen LogP contribution in [0.5, 0.6) is 5.88 Å². The molecule has 0 atom stereocenters. The summed E-state index contributed by atoms with van der Waals surface area (Å²) < 4.78 is 6.54. The van der Waals surface area contributed by atoms with Crippen molar-refractivity contribution in [2.75, 3.05) is 20.7 Å². The Balaban J connectivity index is 2.79. The zero-order valence-corrected chi connectivity index (χ0v) is 13.6. The molecule has 0 aromatic carbocycles. The quantitative estimate of drug-likeness (QED) is 0.783. The minimum Gasteiger partial charge on any atom is -0.476 e. The maximum atomic E-state index is 5.78. The molecule has 0 bridgehead atoms. The lowest BCUT2D eigenvalue weighted by atomic mass is 10.1. The lowest BCUT2D eigenvalue weighted by Crippen LogP contribution is -2.43. The molecule has 1 aromatic heterocycles. The van der Waals surface area contributed by atoms with Gasteiger partial charge < -0.3 is 9.64 Å². The second kappa shape index (κ2) is 5.97. The highest BCUT2D eigenvalue weighted by Gasteiger charge is 2.22. The fourth-order valence-electron chi connectivity index (χ4n) is 1.13. The van der Waals surface area contributed by atoms with Gasteiger partial charge in [-0.15, -0.1) is 0 Å². The summed E-state index contributed by atoms with van der Waals surface area (Å²) >= 11 is 3.39. The van der Waals surface area contributed by atoms with Gasteiger partial charge in [-0.3, -0.25) is 0 Å². The first kappa shape index (κ1) is 15.4. The van der Waals surface area contributed by atoms with Gasteiger partial charge in [-0.05, 0) is 43.9 Å². The predicted octanol–water partition coefficient (Wildman–Crippen LogP) is 3.08. The van der Waals surface area contributed by atoms with Crippen LogP contribution in [0.2, 0.25) is 0 Å². The molecular weight excluding hydrogens is 294 g/mol. The zero-order chi connectivity index (χ0) is 13.9. The highest BCUT2D eigenvalue weighted by Crippen LogP contribution is 2.20. The van der Waals surface area contributed by atoms with E-state index in [0.717, 1.165) is 10.4 Å². The van der Waals surface area contributed by atoms with Crippen molar-refractivity contribution in [3.05, 3.63) is 16.5 Å². The van der Waals surface area contributed by atoms with Crippen molar-refractivity contribution in [1.29, 1.82) is 0 Å². The summed E-state index contributed by atoms with van der Waals surface area (Å²) in [5.41, 5.74) is -0.0323. The molecule has 0 amide bonds. The maximum Gasteiger partial charge on any atom is 0.217 e. The number of ether oxygens (including phenoxy) is 1. The summed E-state index contributed by atoms with van der Waals surface area (Å²) in [5.74, 6) is 1.70. The summed E-state index contributed by atoms with van der Waals surface area (Å²) in [6.07, 6.45) is 0. The fourth-order valence-corrected chi connectivity index (χ4v) is 1.50. The topological polar surface area (TPSA) is 38.2 Å². The molecule has 5 heteroatoms. The van der Waals surface area contributed by atoms with Crippen molar-refractivity contribution in [3.8, 4) is 5.88 Å². The molecule has 0 aliphatic rings. The molecule has 102 valence electrons. The number of aromatic nitrogens is 2. The molecule has 0 unspecified atom stereocenters. The first-order chi connectivity index (χ1) is 8.22. The van der Waals surface area contributed by atoms with E-state index in [4.69, 9.17) is 4.74 Å². The molecule has 0 spiro atoms. The van der Waals surface area contributed by atoms with Crippen LogP contribution in [0.4, 0.5) is 0 Å². The molecule has 0 N–H and O–H groups in total. The van der Waals surface area contributed by atoms with E-state index in [9.17, 15) is 0 Å². The average molecular weight is 316 g/mol. The van der Waals surface area contributed by atoms with Crippen LogP contribution in [-0.4, -0.2) is 41.1 Å². The van der Waals surface area contributed by atoms with Gasteiger partial charge in [-0.1, -0.05) is 13.8 Å². The highest BCUT2D eigenvalue weighted by atomic mass is 79.9. The summed E-state index contributed by atoms with van der Waals surface area (Å²) in [4.78, 5) is 10.9. The average Bonchev–Trinajstić information content (AvgIpc) is 2.25. The number of nitrogens with zero attached hydrogens (tertiary/aromatic N) is 3. The van der Waals surface area contributed by atoms with Crippen molar-refractivity contribution in [2.45, 2.75) is 39.2 Å². The van der Waals surface area contributed by atoms with Crippen LogP contribution < -0.4 is 4.74 Å². The Bertz CT molecular complexity index is 405. The van der Waals surface area contributed by atoms with Gasteiger partial charge in [0.1, 0.15) is 17.0 Å². The molecule has 0 saturated carbocycles. The molecule has 18 heavy (non-hydrogen) atoms. The minimum absolute atomic E-state index is 0.0323. The van der Waals surface area contributed by atoms with Gasteiger partial charge in [0.25, 0.3) is 0 Å². The number of hydrogen-bond donors (Lipinski definition) is 0. The molecule has 0 aliphatic carbocycles. The maximum absolute atomic E-state index is 5.78. The fraction of sp³-hybridized carbons (Fsp3) is 0.692. The van der Waals surface area contributed by atoms with Crippen LogP contribution >= 0.6 is 15.9 Å². The monoisotopic (exact) mass is 315 g/mol. The van der Waals surface area contributed by atoms with Crippen molar-refractivity contribution in [1.82, 2.24) is 14.9 Å². The first-order valence-corrected chi connectivity index (χ1v) is 6.86. The number of rotatable bonds is 5. The Labute approximate surface area is 118 Å². The lowest BCUT2D eigenvalue weighted by Gasteiger charge is -2.31. The third-order valence-electron chi connectivity index (χ3n) is 2.99. The Morgan fingerprint density at radius 1 is 1.33 bits per heavy atom. The van der Waals surface area contributed by atoms with Crippen LogP contribution in [0.25, 0.3) is 0 Å². The molecule has 0 aliphatic heterocycles. The smallest absolute Gasteiger partial charge is 0.217 e. The standard InChI is InChI=1S/C13H22BrN3O/c1-9(2)12-15-10(14)7-11(16-12)18-8-13(3,4)17(5)6/h7,9H,8H2,1-6H3. The van der Waals surface area contributed by atoms with E-state index in [2.05, 4.69) is 58.5 Å². The van der Waals surface area contributed by atoms with E-state index < -0.39 is 0 Å². The summed E-state index contributed by atoms with van der Waals surface area (Å²) in [7, 11) is 4.08. The van der Waals surface area contributed by atoms with E-state index in [-0.39, 0.29) is 11.5 Å². The van der Waals surface area contributed by atoms with E-state index in [0.29, 0.717) is 12.5 Å². The summed E-state index contributed by atoms with van der Waals surface area (Å²) in [5, 5.41) is 0. The molecule has 1 heterocycles. The number of hydrogen-bond acceptors (Lipinski definition) is 4. The van der Waals surface area contributed by atoms with E-state index >= 15 is 0 Å². The van der Waals surface area contributed by atoms with Crippen LogP contribution in [-0.2, 0) is 0 Å². The van der Waals surface area contributed by atoms with E-state index in [1.807, 2.05) is 14.1 Å². The Hall–Kier alpha value is -0.680. The summed E-state index contributed by atoms with van der Waals surface area (Å²) in [6, 6.07) is 1.80. The number of likely N-dealkylation sites (N-methyl/N-ethyl adjacent to an activating group) is 1. The van der Waals surface area contributed by atoms with E-state index in [1.165, 1.54) is 0 Å². The molecule has 1 rings (SSSR count). The highest BCUT2D eigenvalue weighted by molar-refractivity contribution is 9.10. The Morgan fingerprint density at radius 2 is 1.94 bits per heavy atom. The molecule has 0 fully saturated rings. The van der Waals surface area contributed by atoms with Crippen LogP contribution in [0, 0.1) is 0 Å². The van der Waals surface area contributed by atoms with Crippen LogP contribution in [0.3, 0.4) is 0 Å². The van der Waals surface area contributed by atoms with E-state index in [1.54, 1.807) is 6.07 Å². The minimum atomic E-state index is -0.0323. The SMILES string of the molecule is CC(C)c1nc(Br)cc(OCC(C)(C)N(C)C)n1. The number of halogens is 1. The largest absolute Gasteiger partial charge is 0.476 e. The molecule has 0 radical (unpaired) electrons. The van der Waals surface area contributed by atoms with Gasteiger partial charge in [0.15, 0.2) is 0 Å². The molecule has 4 nitrogen and oxygen atoms in total. The zero-order valence-electron chi connectivity index (χ0n) is 12.0. The van der Waals surface area contributed by atoms with Crippen molar-refractivity contribution >= 4 is 15.9 Å². The van der Waals surface area contributed by atoms with Gasteiger partial charge in [0.2, 0.25) is 5.88 Å². The van der Waals surface area contributed by atoms with Gasteiger partial charge in [-0.2, -0.15) is 4.98 Å². The van der Waals surface area contributed by atoms with Gasteiger partial charge in [-0.25, -0.2) is 4.98 Å². The lowest BCUT2D eigenvalue weighted by molar-refractivity contribution is 0.110. The van der Waals surface area contributed by atoms with Gasteiger partial charge in [0, 0.05) is 17.5 Å². The van der Waals surface area contributed by atoms with Crippen LogP contribution in [0.1, 0.15) is 39.4 Å². The predicted molar refractivity (Wildman–Crippen MR) is 77.1 cm³/mol. The third-order valence-corrected chi connectivity index (χ3v) is 3.40. The third kappa shape index (κ3) is 4.21. The molecule has 0 saturated heterocycles. The van der Waals surface area contributed by atoms with Gasteiger partial charge >= 0.3 is 0 Å². The van der Waals surface area contributed by atoms with Crippen LogP contribution in [0.15, 0.2) is 10.7 Å². The molecule has 1 aromatic rings. The van der Waals surface area contributed by atoms with Crippen molar-refractivity contribution in [2.24, 2.45) is 0 Å². The Morgan fingerprint density at radius 3 is 2.44 bits per heavy atom. The second-order valence-electron chi connectivity index (χ2n) is 5.54. The normalized spacial score (nSPS) is 12.3. The van der Waals surface area contributed by atoms with Crippen molar-refractivity contribution < 1.29 is 4.74 Å². The van der Waals surface area contributed by atoms with Gasteiger partial charge in [0.05, 0.1) is 0 Å². The summed E-state index contributed by atoms with van der Waals surface area (Å²) in [6.45, 7) is 8.98.